The van der Waals surface area contributed by atoms with Crippen molar-refractivity contribution < 1.29 is 33.3 Å². The van der Waals surface area contributed by atoms with Crippen molar-refractivity contribution in [2.24, 2.45) is 5.92 Å². The molecule has 35 heavy (non-hydrogen) atoms. The quantitative estimate of drug-likeness (QED) is 0.552. The summed E-state index contributed by atoms with van der Waals surface area (Å²) in [7, 11) is 7.75. The van der Waals surface area contributed by atoms with Gasteiger partial charge in [0.15, 0.2) is 23.0 Å². The summed E-state index contributed by atoms with van der Waals surface area (Å²) in [5.74, 6) is 2.41. The molecule has 9 heteroatoms. The van der Waals surface area contributed by atoms with E-state index in [-0.39, 0.29) is 17.7 Å². The third-order valence-electron chi connectivity index (χ3n) is 6.23. The van der Waals surface area contributed by atoms with Crippen molar-refractivity contribution in [3.8, 4) is 28.7 Å². The highest BCUT2D eigenvalue weighted by Crippen LogP contribution is 2.38. The minimum absolute atomic E-state index is 0.0189. The molecule has 9 nitrogen and oxygen atoms in total. The van der Waals surface area contributed by atoms with Crippen molar-refractivity contribution in [1.29, 1.82) is 0 Å². The molecule has 1 heterocycles. The molecule has 0 bridgehead atoms. The van der Waals surface area contributed by atoms with Gasteiger partial charge in [0.1, 0.15) is 0 Å². The minimum atomic E-state index is -0.128. The van der Waals surface area contributed by atoms with Gasteiger partial charge in [0.25, 0.3) is 5.91 Å². The van der Waals surface area contributed by atoms with Crippen molar-refractivity contribution >= 4 is 11.8 Å². The van der Waals surface area contributed by atoms with Crippen molar-refractivity contribution in [3.05, 3.63) is 41.5 Å². The monoisotopic (exact) mass is 486 g/mol. The lowest BCUT2D eigenvalue weighted by molar-refractivity contribution is -0.126. The van der Waals surface area contributed by atoms with E-state index in [9.17, 15) is 9.59 Å². The lowest BCUT2D eigenvalue weighted by Gasteiger charge is -2.31. The maximum absolute atomic E-state index is 13.1. The molecule has 3 rings (SSSR count). The largest absolute Gasteiger partial charge is 0.493 e. The highest BCUT2D eigenvalue weighted by Gasteiger charge is 2.29. The molecule has 0 atom stereocenters. The number of methoxy groups -OCH3 is 5. The number of hydrogen-bond acceptors (Lipinski definition) is 7. The Bertz CT molecular complexity index is 1010. The van der Waals surface area contributed by atoms with Crippen LogP contribution in [0.25, 0.3) is 0 Å². The summed E-state index contributed by atoms with van der Waals surface area (Å²) in [6.07, 6.45) is 1.90. The fourth-order valence-corrected chi connectivity index (χ4v) is 4.24. The molecular formula is C26H34N2O7. The fraction of sp³-hybridized carbons (Fsp3) is 0.462. The van der Waals surface area contributed by atoms with Crippen molar-refractivity contribution in [2.75, 3.05) is 55.2 Å². The standard InChI is InChI=1S/C26H34N2O7/c1-31-20-7-6-17(14-21(20)32-2)8-11-27-25(29)18-9-12-28(13-10-18)26(30)19-15-22(33-3)24(35-5)23(16-19)34-4/h6-7,14-16,18H,8-13H2,1-5H3,(H,27,29). The molecule has 0 saturated carbocycles. The molecule has 1 fully saturated rings. The summed E-state index contributed by atoms with van der Waals surface area (Å²) in [5.41, 5.74) is 1.51. The molecule has 1 saturated heterocycles. The van der Waals surface area contributed by atoms with Gasteiger partial charge in [0.2, 0.25) is 11.7 Å². The van der Waals surface area contributed by atoms with Crippen molar-refractivity contribution in [2.45, 2.75) is 19.3 Å². The first kappa shape index (κ1) is 26.0. The van der Waals surface area contributed by atoms with Gasteiger partial charge in [0.05, 0.1) is 35.5 Å². The number of likely N-dealkylation sites (tertiary alicyclic amines) is 1. The van der Waals surface area contributed by atoms with Gasteiger partial charge in [-0.1, -0.05) is 6.07 Å². The average molecular weight is 487 g/mol. The van der Waals surface area contributed by atoms with Crippen LogP contribution in [0.5, 0.6) is 28.7 Å². The lowest BCUT2D eigenvalue weighted by atomic mass is 9.95. The van der Waals surface area contributed by atoms with E-state index in [4.69, 9.17) is 23.7 Å². The van der Waals surface area contributed by atoms with E-state index < -0.39 is 0 Å². The van der Waals surface area contributed by atoms with Gasteiger partial charge < -0.3 is 33.9 Å². The molecule has 0 aromatic heterocycles. The van der Waals surface area contributed by atoms with E-state index in [1.807, 2.05) is 18.2 Å². The Hall–Kier alpha value is -3.62. The Balaban J connectivity index is 1.52. The minimum Gasteiger partial charge on any atom is -0.493 e. The normalized spacial score (nSPS) is 13.7. The first-order chi connectivity index (χ1) is 16.9. The summed E-state index contributed by atoms with van der Waals surface area (Å²) in [4.78, 5) is 27.5. The number of rotatable bonds is 10. The van der Waals surface area contributed by atoms with E-state index in [0.717, 1.165) is 5.56 Å². The number of piperidine rings is 1. The van der Waals surface area contributed by atoms with Crippen LogP contribution in [-0.4, -0.2) is 71.9 Å². The van der Waals surface area contributed by atoms with E-state index in [1.54, 1.807) is 31.3 Å². The molecule has 2 aromatic carbocycles. The molecule has 1 aliphatic rings. The van der Waals surface area contributed by atoms with Crippen LogP contribution in [0.1, 0.15) is 28.8 Å². The maximum Gasteiger partial charge on any atom is 0.254 e. The van der Waals surface area contributed by atoms with Gasteiger partial charge in [0, 0.05) is 31.1 Å². The Morgan fingerprint density at radius 3 is 1.97 bits per heavy atom. The molecule has 2 amide bonds. The second kappa shape index (κ2) is 12.2. The van der Waals surface area contributed by atoms with Crippen molar-refractivity contribution in [3.63, 3.8) is 0 Å². The van der Waals surface area contributed by atoms with E-state index in [2.05, 4.69) is 5.32 Å². The van der Waals surface area contributed by atoms with Crippen molar-refractivity contribution in [1.82, 2.24) is 10.2 Å². The Labute approximate surface area is 206 Å². The topological polar surface area (TPSA) is 95.6 Å². The lowest BCUT2D eigenvalue weighted by Crippen LogP contribution is -2.43. The van der Waals surface area contributed by atoms with Gasteiger partial charge in [-0.2, -0.15) is 0 Å². The zero-order valence-electron chi connectivity index (χ0n) is 21.0. The molecule has 0 radical (unpaired) electrons. The summed E-state index contributed by atoms with van der Waals surface area (Å²) >= 11 is 0. The number of carbonyl (C=O) groups is 2. The van der Waals surface area contributed by atoms with Crippen LogP contribution in [-0.2, 0) is 11.2 Å². The molecule has 1 aliphatic heterocycles. The maximum atomic E-state index is 13.1. The Morgan fingerprint density at radius 2 is 1.43 bits per heavy atom. The van der Waals surface area contributed by atoms with Crippen LogP contribution < -0.4 is 29.0 Å². The van der Waals surface area contributed by atoms with Gasteiger partial charge >= 0.3 is 0 Å². The molecule has 0 spiro atoms. The molecule has 0 unspecified atom stereocenters. The second-order valence-corrected chi connectivity index (χ2v) is 8.21. The number of benzene rings is 2. The third-order valence-corrected chi connectivity index (χ3v) is 6.23. The average Bonchev–Trinajstić information content (AvgIpc) is 2.91. The number of nitrogens with zero attached hydrogens (tertiary/aromatic N) is 1. The fourth-order valence-electron chi connectivity index (χ4n) is 4.24. The molecule has 0 aliphatic carbocycles. The molecular weight excluding hydrogens is 452 g/mol. The molecule has 2 aromatic rings. The first-order valence-electron chi connectivity index (χ1n) is 11.5. The Morgan fingerprint density at radius 1 is 0.829 bits per heavy atom. The van der Waals surface area contributed by atoms with Crippen LogP contribution >= 0.6 is 0 Å². The second-order valence-electron chi connectivity index (χ2n) is 8.21. The number of nitrogens with one attached hydrogen (secondary N) is 1. The highest BCUT2D eigenvalue weighted by molar-refractivity contribution is 5.96. The molecule has 1 N–H and O–H groups in total. The number of hydrogen-bond donors (Lipinski definition) is 1. The van der Waals surface area contributed by atoms with Crippen LogP contribution in [0, 0.1) is 5.92 Å². The highest BCUT2D eigenvalue weighted by atomic mass is 16.5. The van der Waals surface area contributed by atoms with E-state index >= 15 is 0 Å². The van der Waals surface area contributed by atoms with Crippen LogP contribution in [0.15, 0.2) is 30.3 Å². The van der Waals surface area contributed by atoms with Gasteiger partial charge in [-0.05, 0) is 49.1 Å². The number of ether oxygens (including phenoxy) is 5. The summed E-state index contributed by atoms with van der Waals surface area (Å²) < 4.78 is 26.6. The van der Waals surface area contributed by atoms with E-state index in [0.29, 0.717) is 73.2 Å². The first-order valence-corrected chi connectivity index (χ1v) is 11.5. The summed E-state index contributed by atoms with van der Waals surface area (Å²) in [5, 5.41) is 3.02. The smallest absolute Gasteiger partial charge is 0.254 e. The van der Waals surface area contributed by atoms with Crippen LogP contribution in [0.4, 0.5) is 0 Å². The van der Waals surface area contributed by atoms with E-state index in [1.165, 1.54) is 21.3 Å². The third kappa shape index (κ3) is 6.09. The molecule has 190 valence electrons. The summed E-state index contributed by atoms with van der Waals surface area (Å²) in [6, 6.07) is 9.03. The van der Waals surface area contributed by atoms with Crippen LogP contribution in [0.2, 0.25) is 0 Å². The van der Waals surface area contributed by atoms with Crippen LogP contribution in [0.3, 0.4) is 0 Å². The zero-order valence-corrected chi connectivity index (χ0v) is 21.0. The summed E-state index contributed by atoms with van der Waals surface area (Å²) in [6.45, 7) is 1.53. The van der Waals surface area contributed by atoms with Gasteiger partial charge in [-0.15, -0.1) is 0 Å². The predicted octanol–water partition coefficient (Wildman–Crippen LogP) is 2.94. The SMILES string of the molecule is COc1ccc(CCNC(=O)C2CCN(C(=O)c3cc(OC)c(OC)c(OC)c3)CC2)cc1OC. The Kier molecular flexibility index (Phi) is 9.05. The van der Waals surface area contributed by atoms with Gasteiger partial charge in [-0.25, -0.2) is 0 Å². The number of carbonyl (C=O) groups excluding carboxylic acids is 2. The predicted molar refractivity (Wildman–Crippen MR) is 131 cm³/mol. The number of amides is 2. The van der Waals surface area contributed by atoms with Gasteiger partial charge in [-0.3, -0.25) is 9.59 Å². The zero-order chi connectivity index (χ0) is 25.4.